The molecule has 1 amide bonds. The fourth-order valence-electron chi connectivity index (χ4n) is 2.28. The van der Waals surface area contributed by atoms with Crippen molar-refractivity contribution in [2.45, 2.75) is 32.2 Å². The molecule has 1 atom stereocenters. The van der Waals surface area contributed by atoms with Crippen LogP contribution in [0.5, 0.6) is 0 Å². The number of rotatable bonds is 7. The van der Waals surface area contributed by atoms with Gasteiger partial charge in [-0.15, -0.1) is 22.7 Å². The molecular weight excluding hydrogens is 328 g/mol. The molecule has 0 aliphatic heterocycles. The van der Waals surface area contributed by atoms with Crippen LogP contribution in [0.2, 0.25) is 0 Å². The Morgan fingerprint density at radius 3 is 3.00 bits per heavy atom. The van der Waals surface area contributed by atoms with E-state index in [2.05, 4.69) is 10.3 Å². The summed E-state index contributed by atoms with van der Waals surface area (Å²) in [5.74, 6) is 0.964. The molecule has 4 nitrogen and oxygen atoms in total. The minimum absolute atomic E-state index is 0.0139. The lowest BCUT2D eigenvalue weighted by molar-refractivity contribution is -0.121. The first-order chi connectivity index (χ1) is 11.2. The number of hydrogen-bond donors (Lipinski definition) is 1. The number of nitrogens with zero attached hydrogens (tertiary/aromatic N) is 1. The van der Waals surface area contributed by atoms with Gasteiger partial charge in [0.2, 0.25) is 5.91 Å². The molecule has 0 radical (unpaired) electrons. The summed E-state index contributed by atoms with van der Waals surface area (Å²) in [7, 11) is 0. The quantitative estimate of drug-likeness (QED) is 0.699. The number of aryl methyl sites for hydroxylation is 1. The Kier molecular flexibility index (Phi) is 5.25. The van der Waals surface area contributed by atoms with E-state index in [1.54, 1.807) is 28.9 Å². The van der Waals surface area contributed by atoms with Crippen molar-refractivity contribution < 1.29 is 9.21 Å². The van der Waals surface area contributed by atoms with E-state index in [1.165, 1.54) is 0 Å². The fraction of sp³-hybridized carbons (Fsp3) is 0.294. The van der Waals surface area contributed by atoms with E-state index in [1.807, 2.05) is 41.9 Å². The van der Waals surface area contributed by atoms with E-state index in [9.17, 15) is 4.79 Å². The second kappa shape index (κ2) is 7.57. The smallest absolute Gasteiger partial charge is 0.226 e. The van der Waals surface area contributed by atoms with Crippen molar-refractivity contribution in [2.75, 3.05) is 0 Å². The normalized spacial score (nSPS) is 12.2. The molecule has 0 saturated carbocycles. The van der Waals surface area contributed by atoms with Crippen molar-refractivity contribution in [1.29, 1.82) is 0 Å². The van der Waals surface area contributed by atoms with Crippen LogP contribution in [-0.2, 0) is 17.6 Å². The van der Waals surface area contributed by atoms with Crippen LogP contribution in [0.15, 0.2) is 45.7 Å². The monoisotopic (exact) mass is 346 g/mol. The van der Waals surface area contributed by atoms with E-state index in [-0.39, 0.29) is 11.9 Å². The third-order valence-corrected chi connectivity index (χ3v) is 5.37. The van der Waals surface area contributed by atoms with E-state index in [0.717, 1.165) is 34.2 Å². The van der Waals surface area contributed by atoms with E-state index in [0.29, 0.717) is 6.42 Å². The van der Waals surface area contributed by atoms with E-state index >= 15 is 0 Å². The summed E-state index contributed by atoms with van der Waals surface area (Å²) in [4.78, 5) is 17.8. The molecule has 3 aromatic rings. The summed E-state index contributed by atoms with van der Waals surface area (Å²) in [6.45, 7) is 2.01. The van der Waals surface area contributed by atoms with Crippen molar-refractivity contribution in [3.05, 3.63) is 52.7 Å². The third kappa shape index (κ3) is 4.53. The van der Waals surface area contributed by atoms with Gasteiger partial charge in [-0.1, -0.05) is 6.07 Å². The second-order valence-electron chi connectivity index (χ2n) is 5.38. The molecular formula is C17H18N2O2S2. The lowest BCUT2D eigenvalue weighted by Crippen LogP contribution is -2.34. The lowest BCUT2D eigenvalue weighted by Gasteiger charge is -2.12. The Morgan fingerprint density at radius 1 is 1.35 bits per heavy atom. The van der Waals surface area contributed by atoms with Gasteiger partial charge in [0.25, 0.3) is 0 Å². The zero-order valence-corrected chi connectivity index (χ0v) is 14.5. The van der Waals surface area contributed by atoms with Gasteiger partial charge in [-0.25, -0.2) is 4.98 Å². The summed E-state index contributed by atoms with van der Waals surface area (Å²) in [6, 6.07) is 8.00. The minimum atomic E-state index is 0.0139. The molecule has 23 heavy (non-hydrogen) atoms. The number of nitrogens with one attached hydrogen (secondary N) is 1. The van der Waals surface area contributed by atoms with Crippen molar-refractivity contribution >= 4 is 28.6 Å². The highest BCUT2D eigenvalue weighted by molar-refractivity contribution is 7.20. The lowest BCUT2D eigenvalue weighted by atomic mass is 10.1. The van der Waals surface area contributed by atoms with Crippen molar-refractivity contribution in [3.63, 3.8) is 0 Å². The van der Waals surface area contributed by atoms with Crippen LogP contribution in [0.25, 0.3) is 9.88 Å². The largest absolute Gasteiger partial charge is 0.469 e. The van der Waals surface area contributed by atoms with Crippen LogP contribution in [-0.4, -0.2) is 16.9 Å². The number of carbonyl (C=O) groups is 1. The molecule has 120 valence electrons. The van der Waals surface area contributed by atoms with Gasteiger partial charge in [0.1, 0.15) is 10.8 Å². The standard InChI is InChI=1S/C17H18N2O2S2/c1-12(6-7-14-4-2-8-21-14)18-16(20)10-13-11-23-17(19-13)15-5-3-9-22-15/h2-5,8-9,11-12H,6-7,10H2,1H3,(H,18,20). The van der Waals surface area contributed by atoms with Gasteiger partial charge in [-0.3, -0.25) is 4.79 Å². The Labute approximate surface area is 143 Å². The van der Waals surface area contributed by atoms with Crippen LogP contribution in [0, 0.1) is 0 Å². The maximum atomic E-state index is 12.1. The first kappa shape index (κ1) is 16.0. The Morgan fingerprint density at radius 2 is 2.26 bits per heavy atom. The molecule has 0 aliphatic carbocycles. The molecule has 0 saturated heterocycles. The molecule has 3 heterocycles. The number of furan rings is 1. The summed E-state index contributed by atoms with van der Waals surface area (Å²) in [6.07, 6.45) is 3.68. The highest BCUT2D eigenvalue weighted by Crippen LogP contribution is 2.27. The highest BCUT2D eigenvalue weighted by atomic mass is 32.1. The topological polar surface area (TPSA) is 55.1 Å². The zero-order valence-electron chi connectivity index (χ0n) is 12.8. The molecule has 0 aromatic carbocycles. The molecule has 1 N–H and O–H groups in total. The Balaban J connectivity index is 1.47. The van der Waals surface area contributed by atoms with Gasteiger partial charge in [0.15, 0.2) is 0 Å². The highest BCUT2D eigenvalue weighted by Gasteiger charge is 2.12. The van der Waals surface area contributed by atoms with Gasteiger partial charge >= 0.3 is 0 Å². The molecule has 0 spiro atoms. The average molecular weight is 346 g/mol. The summed E-state index contributed by atoms with van der Waals surface area (Å²) < 4.78 is 5.30. The van der Waals surface area contributed by atoms with Gasteiger partial charge in [-0.2, -0.15) is 0 Å². The molecule has 3 rings (SSSR count). The van der Waals surface area contributed by atoms with Crippen LogP contribution < -0.4 is 5.32 Å². The molecule has 3 aromatic heterocycles. The van der Waals surface area contributed by atoms with Crippen LogP contribution >= 0.6 is 22.7 Å². The maximum absolute atomic E-state index is 12.1. The zero-order chi connectivity index (χ0) is 16.1. The van der Waals surface area contributed by atoms with Gasteiger partial charge in [-0.05, 0) is 36.9 Å². The molecule has 1 unspecified atom stereocenters. The maximum Gasteiger partial charge on any atom is 0.226 e. The minimum Gasteiger partial charge on any atom is -0.469 e. The van der Waals surface area contributed by atoms with E-state index in [4.69, 9.17) is 4.42 Å². The molecule has 0 aliphatic rings. The number of aromatic nitrogens is 1. The van der Waals surface area contributed by atoms with Crippen LogP contribution in [0.1, 0.15) is 24.8 Å². The summed E-state index contributed by atoms with van der Waals surface area (Å²) in [5, 5.41) is 7.99. The second-order valence-corrected chi connectivity index (χ2v) is 7.19. The first-order valence-corrected chi connectivity index (χ1v) is 9.26. The number of amides is 1. The number of hydrogen-bond acceptors (Lipinski definition) is 5. The van der Waals surface area contributed by atoms with Crippen molar-refractivity contribution in [3.8, 4) is 9.88 Å². The number of thiophene rings is 1. The predicted octanol–water partition coefficient (Wildman–Crippen LogP) is 4.14. The molecule has 6 heteroatoms. The predicted molar refractivity (Wildman–Crippen MR) is 93.8 cm³/mol. The van der Waals surface area contributed by atoms with Gasteiger partial charge < -0.3 is 9.73 Å². The molecule has 0 bridgehead atoms. The summed E-state index contributed by atoms with van der Waals surface area (Å²) >= 11 is 3.25. The van der Waals surface area contributed by atoms with Crippen LogP contribution in [0.3, 0.4) is 0 Å². The summed E-state index contributed by atoms with van der Waals surface area (Å²) in [5.41, 5.74) is 0.828. The van der Waals surface area contributed by atoms with Crippen LogP contribution in [0.4, 0.5) is 0 Å². The van der Waals surface area contributed by atoms with Crippen molar-refractivity contribution in [2.24, 2.45) is 0 Å². The van der Waals surface area contributed by atoms with E-state index < -0.39 is 0 Å². The average Bonchev–Trinajstić information content (AvgIpc) is 3.26. The van der Waals surface area contributed by atoms with Gasteiger partial charge in [0.05, 0.1) is 23.3 Å². The number of carbonyl (C=O) groups excluding carboxylic acids is 1. The first-order valence-electron chi connectivity index (χ1n) is 7.51. The Bertz CT molecular complexity index is 733. The Hall–Kier alpha value is -1.92. The SMILES string of the molecule is CC(CCc1ccco1)NC(=O)Cc1csc(-c2cccs2)n1. The van der Waals surface area contributed by atoms with Crippen molar-refractivity contribution in [1.82, 2.24) is 10.3 Å². The molecule has 0 fully saturated rings. The third-order valence-electron chi connectivity index (χ3n) is 3.44. The fourth-order valence-corrected chi connectivity index (χ4v) is 3.91. The van der Waals surface area contributed by atoms with Gasteiger partial charge in [0, 0.05) is 17.8 Å². The number of thiazole rings is 1.